The number of hydrogen-bond donors (Lipinski definition) is 3. The first-order valence-electron chi connectivity index (χ1n) is 13.4. The molecule has 1 aliphatic carbocycles. The lowest BCUT2D eigenvalue weighted by molar-refractivity contribution is -0.128. The van der Waals surface area contributed by atoms with Gasteiger partial charge in [0.05, 0.1) is 6.07 Å². The topological polar surface area (TPSA) is 120 Å². The molecule has 2 aliphatic rings. The number of nitriles is 1. The fraction of sp³-hybridized carbons (Fsp3) is 0.643. The van der Waals surface area contributed by atoms with Crippen molar-refractivity contribution in [2.45, 2.75) is 88.6 Å². The fourth-order valence-corrected chi connectivity index (χ4v) is 5.27. The molecule has 8 nitrogen and oxygen atoms in total. The van der Waals surface area contributed by atoms with Crippen LogP contribution in [-0.4, -0.2) is 49.1 Å². The fourth-order valence-electron chi connectivity index (χ4n) is 5.08. The molecule has 0 bridgehead atoms. The number of alkyl carbamates (subject to hydrolysis) is 1. The molecule has 3 atom stereocenters. The standard InChI is InChI=1S/C28H37ClF2N4O4/c1-27(2,20-6-3-7-21(29)15-20)17-39-26(38)35-23(13-18-8-10-28(30,31)11-9-18)25(37)34-22(16-32)14-19-5-4-12-33-24(19)36/h3,6-7,15,18-19,22-23H,4-5,8-14,17H2,1-2H3,(H,33,36)(H,34,37)(H,35,38)/t19-,22-,23-/m0/s1. The van der Waals surface area contributed by atoms with Crippen molar-refractivity contribution < 1.29 is 27.9 Å². The van der Waals surface area contributed by atoms with Crippen LogP contribution in [0.1, 0.15) is 70.8 Å². The summed E-state index contributed by atoms with van der Waals surface area (Å²) in [5.41, 5.74) is 0.297. The highest BCUT2D eigenvalue weighted by atomic mass is 35.5. The Bertz CT molecular complexity index is 1070. The van der Waals surface area contributed by atoms with Gasteiger partial charge in [-0.05, 0) is 62.1 Å². The maximum atomic E-state index is 13.7. The molecule has 1 heterocycles. The van der Waals surface area contributed by atoms with E-state index >= 15 is 0 Å². The summed E-state index contributed by atoms with van der Waals surface area (Å²) in [4.78, 5) is 38.1. The molecule has 214 valence electrons. The smallest absolute Gasteiger partial charge is 0.407 e. The predicted molar refractivity (Wildman–Crippen MR) is 142 cm³/mol. The van der Waals surface area contributed by atoms with Crippen molar-refractivity contribution in [3.05, 3.63) is 34.9 Å². The molecule has 0 aromatic heterocycles. The van der Waals surface area contributed by atoms with Crippen LogP contribution >= 0.6 is 11.6 Å². The Labute approximate surface area is 233 Å². The van der Waals surface area contributed by atoms with E-state index in [1.165, 1.54) is 0 Å². The second kappa shape index (κ2) is 13.4. The van der Waals surface area contributed by atoms with Gasteiger partial charge < -0.3 is 20.7 Å². The number of ether oxygens (including phenoxy) is 1. The van der Waals surface area contributed by atoms with Gasteiger partial charge in [0.1, 0.15) is 18.7 Å². The second-order valence-electron chi connectivity index (χ2n) is 11.3. The average molecular weight is 567 g/mol. The van der Waals surface area contributed by atoms with Gasteiger partial charge >= 0.3 is 6.09 Å². The van der Waals surface area contributed by atoms with Crippen molar-refractivity contribution in [2.24, 2.45) is 11.8 Å². The SMILES string of the molecule is CC(C)(COC(=O)N[C@@H](CC1CCC(F)(F)CC1)C(=O)N[C@H](C#N)C[C@@H]1CCCNC1=O)c1cccc(Cl)c1. The Morgan fingerprint density at radius 3 is 2.59 bits per heavy atom. The highest BCUT2D eigenvalue weighted by Gasteiger charge is 2.37. The lowest BCUT2D eigenvalue weighted by Gasteiger charge is -2.31. The van der Waals surface area contributed by atoms with E-state index in [1.54, 1.807) is 18.2 Å². The summed E-state index contributed by atoms with van der Waals surface area (Å²) >= 11 is 6.09. The maximum Gasteiger partial charge on any atom is 0.407 e. The van der Waals surface area contributed by atoms with Crippen molar-refractivity contribution in [1.82, 2.24) is 16.0 Å². The molecule has 1 aromatic rings. The van der Waals surface area contributed by atoms with Crippen LogP contribution in [0.15, 0.2) is 24.3 Å². The van der Waals surface area contributed by atoms with Crippen molar-refractivity contribution in [3.8, 4) is 6.07 Å². The molecule has 3 rings (SSSR count). The van der Waals surface area contributed by atoms with Crippen molar-refractivity contribution in [2.75, 3.05) is 13.2 Å². The number of benzene rings is 1. The number of alkyl halides is 2. The lowest BCUT2D eigenvalue weighted by Crippen LogP contribution is -2.51. The summed E-state index contributed by atoms with van der Waals surface area (Å²) < 4.78 is 32.8. The lowest BCUT2D eigenvalue weighted by atomic mass is 9.82. The number of rotatable bonds is 10. The quantitative estimate of drug-likeness (QED) is 0.374. The van der Waals surface area contributed by atoms with Crippen LogP contribution in [0.3, 0.4) is 0 Å². The van der Waals surface area contributed by atoms with Gasteiger partial charge in [-0.3, -0.25) is 9.59 Å². The van der Waals surface area contributed by atoms with Crippen LogP contribution in [0.2, 0.25) is 5.02 Å². The maximum absolute atomic E-state index is 13.7. The van der Waals surface area contributed by atoms with Crippen molar-refractivity contribution in [1.29, 1.82) is 5.26 Å². The molecule has 0 radical (unpaired) electrons. The molecule has 3 N–H and O–H groups in total. The number of halogens is 3. The van der Waals surface area contributed by atoms with E-state index in [4.69, 9.17) is 16.3 Å². The van der Waals surface area contributed by atoms with Gasteiger partial charge in [0.2, 0.25) is 17.7 Å². The highest BCUT2D eigenvalue weighted by Crippen LogP contribution is 2.38. The van der Waals surface area contributed by atoms with Gasteiger partial charge in [0.25, 0.3) is 0 Å². The number of nitrogens with zero attached hydrogens (tertiary/aromatic N) is 1. The van der Waals surface area contributed by atoms with Crippen LogP contribution in [0.4, 0.5) is 13.6 Å². The van der Waals surface area contributed by atoms with Crippen LogP contribution < -0.4 is 16.0 Å². The zero-order chi connectivity index (χ0) is 28.6. The number of carbonyl (C=O) groups is 3. The molecule has 0 unspecified atom stereocenters. The van der Waals surface area contributed by atoms with Crippen molar-refractivity contribution >= 4 is 29.5 Å². The minimum absolute atomic E-state index is 0.000772. The number of piperidine rings is 1. The zero-order valence-electron chi connectivity index (χ0n) is 22.4. The summed E-state index contributed by atoms with van der Waals surface area (Å²) in [5.74, 6) is -4.08. The third-order valence-corrected chi connectivity index (χ3v) is 7.81. The van der Waals surface area contributed by atoms with Gasteiger partial charge in [-0.25, -0.2) is 13.6 Å². The summed E-state index contributed by atoms with van der Waals surface area (Å²) in [6.45, 7) is 4.36. The van der Waals surface area contributed by atoms with E-state index in [0.717, 1.165) is 12.0 Å². The molecular weight excluding hydrogens is 530 g/mol. The third-order valence-electron chi connectivity index (χ3n) is 7.58. The summed E-state index contributed by atoms with van der Waals surface area (Å²) in [6.07, 6.45) is 0.753. The Morgan fingerprint density at radius 1 is 1.23 bits per heavy atom. The summed E-state index contributed by atoms with van der Waals surface area (Å²) in [7, 11) is 0. The number of amides is 3. The molecule has 1 saturated heterocycles. The molecule has 3 amide bonds. The summed E-state index contributed by atoms with van der Waals surface area (Å²) in [5, 5.41) is 18.2. The molecule has 1 aliphatic heterocycles. The van der Waals surface area contributed by atoms with E-state index in [1.807, 2.05) is 26.0 Å². The minimum Gasteiger partial charge on any atom is -0.449 e. The first kappa shape index (κ1) is 30.6. The Hall–Kier alpha value is -2.93. The van der Waals surface area contributed by atoms with Gasteiger partial charge in [-0.2, -0.15) is 5.26 Å². The van der Waals surface area contributed by atoms with Crippen LogP contribution in [0, 0.1) is 23.2 Å². The number of hydrogen-bond acceptors (Lipinski definition) is 5. The molecule has 11 heteroatoms. The van der Waals surface area contributed by atoms with Gasteiger partial charge in [-0.1, -0.05) is 37.6 Å². The molecular formula is C28H37ClF2N4O4. The molecule has 2 fully saturated rings. The Balaban J connectivity index is 1.64. The number of nitrogens with one attached hydrogen (secondary N) is 3. The van der Waals surface area contributed by atoms with Crippen LogP contribution in [0.5, 0.6) is 0 Å². The molecule has 1 saturated carbocycles. The molecule has 39 heavy (non-hydrogen) atoms. The predicted octanol–water partition coefficient (Wildman–Crippen LogP) is 4.85. The zero-order valence-corrected chi connectivity index (χ0v) is 23.2. The molecule has 0 spiro atoms. The van der Waals surface area contributed by atoms with E-state index in [2.05, 4.69) is 16.0 Å². The first-order valence-corrected chi connectivity index (χ1v) is 13.8. The van der Waals surface area contributed by atoms with E-state index in [-0.39, 0.29) is 57.0 Å². The van der Waals surface area contributed by atoms with Crippen molar-refractivity contribution in [3.63, 3.8) is 0 Å². The Morgan fingerprint density at radius 2 is 1.95 bits per heavy atom. The number of carbonyl (C=O) groups excluding carboxylic acids is 3. The minimum atomic E-state index is -2.72. The van der Waals surface area contributed by atoms with Gasteiger partial charge in [-0.15, -0.1) is 0 Å². The van der Waals surface area contributed by atoms with Gasteiger partial charge in [0.15, 0.2) is 0 Å². The van der Waals surface area contributed by atoms with E-state index in [0.29, 0.717) is 18.0 Å². The van der Waals surface area contributed by atoms with E-state index < -0.39 is 41.3 Å². The van der Waals surface area contributed by atoms with Crippen LogP contribution in [-0.2, 0) is 19.7 Å². The molecule has 1 aromatic carbocycles. The van der Waals surface area contributed by atoms with E-state index in [9.17, 15) is 28.4 Å². The first-order chi connectivity index (χ1) is 18.4. The van der Waals surface area contributed by atoms with Gasteiger partial charge in [0, 0.05) is 35.7 Å². The largest absolute Gasteiger partial charge is 0.449 e. The monoisotopic (exact) mass is 566 g/mol. The Kier molecular flexibility index (Phi) is 10.5. The normalized spacial score (nSPS) is 21.1. The average Bonchev–Trinajstić information content (AvgIpc) is 2.89. The third kappa shape index (κ3) is 9.34. The second-order valence-corrected chi connectivity index (χ2v) is 11.7. The highest BCUT2D eigenvalue weighted by molar-refractivity contribution is 6.30. The summed E-state index contributed by atoms with van der Waals surface area (Å²) in [6, 6.07) is 7.20. The van der Waals surface area contributed by atoms with Crippen LogP contribution in [0.25, 0.3) is 0 Å².